The van der Waals surface area contributed by atoms with Gasteiger partial charge >= 0.3 is 11.8 Å². The van der Waals surface area contributed by atoms with Gasteiger partial charge in [0.2, 0.25) is 6.79 Å². The monoisotopic (exact) mass is 445 g/mol. The van der Waals surface area contributed by atoms with Crippen molar-refractivity contribution in [1.29, 1.82) is 0 Å². The molecular formula is C25H23N3O5. The van der Waals surface area contributed by atoms with Gasteiger partial charge in [0, 0.05) is 13.1 Å². The molecule has 0 saturated heterocycles. The van der Waals surface area contributed by atoms with E-state index >= 15 is 0 Å². The average molecular weight is 445 g/mol. The van der Waals surface area contributed by atoms with Crippen LogP contribution in [0.2, 0.25) is 0 Å². The summed E-state index contributed by atoms with van der Waals surface area (Å²) in [4.78, 5) is 37.4. The molecule has 3 aromatic rings. The van der Waals surface area contributed by atoms with Crippen LogP contribution in [0.4, 0.5) is 5.69 Å². The molecule has 168 valence electrons. The Labute approximate surface area is 190 Å². The van der Waals surface area contributed by atoms with Gasteiger partial charge in [-0.25, -0.2) is 0 Å². The van der Waals surface area contributed by atoms with Crippen LogP contribution in [0.5, 0.6) is 11.5 Å². The van der Waals surface area contributed by atoms with E-state index in [0.29, 0.717) is 18.0 Å². The Morgan fingerprint density at radius 1 is 0.788 bits per heavy atom. The van der Waals surface area contributed by atoms with Gasteiger partial charge in [0.1, 0.15) is 0 Å². The van der Waals surface area contributed by atoms with Gasteiger partial charge in [0.05, 0.1) is 11.3 Å². The lowest BCUT2D eigenvalue weighted by atomic mass is 10.1. The number of amides is 3. The first-order valence-electron chi connectivity index (χ1n) is 10.4. The van der Waals surface area contributed by atoms with Crippen LogP contribution in [0.3, 0.4) is 0 Å². The SMILES string of the molecule is Cc1cccc(CNC(=O)c2ccccc2NC(=O)C(=O)NCc2ccc3c(c2)OCO3)c1. The van der Waals surface area contributed by atoms with Gasteiger partial charge in [-0.2, -0.15) is 0 Å². The second-order valence-electron chi connectivity index (χ2n) is 7.54. The van der Waals surface area contributed by atoms with Crippen LogP contribution in [0.15, 0.2) is 66.7 Å². The van der Waals surface area contributed by atoms with Gasteiger partial charge in [-0.1, -0.05) is 48.0 Å². The molecule has 1 aliphatic rings. The summed E-state index contributed by atoms with van der Waals surface area (Å²) in [6.07, 6.45) is 0. The van der Waals surface area contributed by atoms with Gasteiger partial charge < -0.3 is 25.4 Å². The van der Waals surface area contributed by atoms with Crippen molar-refractivity contribution in [2.45, 2.75) is 20.0 Å². The highest BCUT2D eigenvalue weighted by atomic mass is 16.7. The standard InChI is InChI=1S/C25H23N3O5/c1-16-5-4-6-17(11-16)13-26-23(29)19-7-2-3-8-20(19)28-25(31)24(30)27-14-18-9-10-21-22(12-18)33-15-32-21/h2-12H,13-15H2,1H3,(H,26,29)(H,27,30)(H,28,31). The molecule has 8 heteroatoms. The fraction of sp³-hybridized carbons (Fsp3) is 0.160. The van der Waals surface area contributed by atoms with Crippen molar-refractivity contribution >= 4 is 23.4 Å². The van der Waals surface area contributed by atoms with E-state index in [1.807, 2.05) is 31.2 Å². The van der Waals surface area contributed by atoms with Crippen LogP contribution in [0.1, 0.15) is 27.0 Å². The van der Waals surface area contributed by atoms with Crippen LogP contribution >= 0.6 is 0 Å². The highest BCUT2D eigenvalue weighted by molar-refractivity contribution is 6.40. The molecule has 4 rings (SSSR count). The lowest BCUT2D eigenvalue weighted by Crippen LogP contribution is -2.35. The molecule has 3 amide bonds. The number of hydrogen-bond donors (Lipinski definition) is 3. The van der Waals surface area contributed by atoms with Crippen LogP contribution in [-0.2, 0) is 22.7 Å². The summed E-state index contributed by atoms with van der Waals surface area (Å²) in [6.45, 7) is 2.62. The van der Waals surface area contributed by atoms with Crippen molar-refractivity contribution in [3.63, 3.8) is 0 Å². The van der Waals surface area contributed by atoms with Gasteiger partial charge in [-0.3, -0.25) is 14.4 Å². The molecule has 0 aliphatic carbocycles. The van der Waals surface area contributed by atoms with Crippen molar-refractivity contribution in [3.8, 4) is 11.5 Å². The Morgan fingerprint density at radius 2 is 1.55 bits per heavy atom. The number of nitrogens with one attached hydrogen (secondary N) is 3. The molecule has 8 nitrogen and oxygen atoms in total. The normalized spacial score (nSPS) is 11.5. The molecule has 0 bridgehead atoms. The zero-order valence-electron chi connectivity index (χ0n) is 18.0. The molecule has 0 atom stereocenters. The number of carbonyl (C=O) groups is 3. The van der Waals surface area contributed by atoms with Gasteiger partial charge in [-0.05, 0) is 42.3 Å². The summed E-state index contributed by atoms with van der Waals surface area (Å²) in [5.41, 5.74) is 3.34. The molecule has 33 heavy (non-hydrogen) atoms. The summed E-state index contributed by atoms with van der Waals surface area (Å²) in [5.74, 6) is -0.803. The Kier molecular flexibility index (Phi) is 6.54. The second kappa shape index (κ2) is 9.86. The first kappa shape index (κ1) is 21.9. The van der Waals surface area contributed by atoms with Gasteiger partial charge in [-0.15, -0.1) is 0 Å². The number of fused-ring (bicyclic) bond motifs is 1. The first-order chi connectivity index (χ1) is 16.0. The Morgan fingerprint density at radius 3 is 2.39 bits per heavy atom. The lowest BCUT2D eigenvalue weighted by Gasteiger charge is -2.12. The number of benzene rings is 3. The minimum Gasteiger partial charge on any atom is -0.454 e. The molecule has 0 saturated carbocycles. The van der Waals surface area contributed by atoms with E-state index in [0.717, 1.165) is 16.7 Å². The summed E-state index contributed by atoms with van der Waals surface area (Å²) in [7, 11) is 0. The number of aryl methyl sites for hydroxylation is 1. The maximum Gasteiger partial charge on any atom is 0.313 e. The molecular weight excluding hydrogens is 422 g/mol. The molecule has 0 fully saturated rings. The van der Waals surface area contributed by atoms with E-state index in [9.17, 15) is 14.4 Å². The van der Waals surface area contributed by atoms with Crippen molar-refractivity contribution in [3.05, 3.63) is 89.0 Å². The minimum absolute atomic E-state index is 0.140. The summed E-state index contributed by atoms with van der Waals surface area (Å²) in [6, 6.07) is 19.6. The number of anilines is 1. The zero-order valence-corrected chi connectivity index (χ0v) is 18.0. The molecule has 1 aliphatic heterocycles. The fourth-order valence-electron chi connectivity index (χ4n) is 3.38. The third-order valence-corrected chi connectivity index (χ3v) is 5.05. The van der Waals surface area contributed by atoms with E-state index < -0.39 is 11.8 Å². The molecule has 0 spiro atoms. The van der Waals surface area contributed by atoms with Gasteiger partial charge in [0.15, 0.2) is 11.5 Å². The largest absolute Gasteiger partial charge is 0.454 e. The molecule has 1 heterocycles. The maximum absolute atomic E-state index is 12.7. The second-order valence-corrected chi connectivity index (χ2v) is 7.54. The maximum atomic E-state index is 12.7. The minimum atomic E-state index is -0.866. The predicted molar refractivity (Wildman–Crippen MR) is 122 cm³/mol. The van der Waals surface area contributed by atoms with Crippen molar-refractivity contribution < 1.29 is 23.9 Å². The van der Waals surface area contributed by atoms with Crippen molar-refractivity contribution in [2.24, 2.45) is 0 Å². The van der Waals surface area contributed by atoms with E-state index in [1.54, 1.807) is 42.5 Å². The number of ether oxygens (including phenoxy) is 2. The Bertz CT molecular complexity index is 1210. The lowest BCUT2D eigenvalue weighted by molar-refractivity contribution is -0.136. The summed E-state index contributed by atoms with van der Waals surface area (Å²) < 4.78 is 10.6. The van der Waals surface area contributed by atoms with E-state index in [2.05, 4.69) is 16.0 Å². The number of carbonyl (C=O) groups excluding carboxylic acids is 3. The third-order valence-electron chi connectivity index (χ3n) is 5.05. The molecule has 3 N–H and O–H groups in total. The van der Waals surface area contributed by atoms with E-state index in [1.165, 1.54) is 0 Å². The van der Waals surface area contributed by atoms with Gasteiger partial charge in [0.25, 0.3) is 5.91 Å². The summed E-state index contributed by atoms with van der Waals surface area (Å²) >= 11 is 0. The number of rotatable bonds is 6. The molecule has 0 aromatic heterocycles. The van der Waals surface area contributed by atoms with E-state index in [4.69, 9.17) is 9.47 Å². The van der Waals surface area contributed by atoms with Crippen LogP contribution in [-0.4, -0.2) is 24.5 Å². The highest BCUT2D eigenvalue weighted by Crippen LogP contribution is 2.32. The third kappa shape index (κ3) is 5.48. The number of para-hydroxylation sites is 1. The Hall–Kier alpha value is -4.33. The van der Waals surface area contributed by atoms with Crippen molar-refractivity contribution in [2.75, 3.05) is 12.1 Å². The molecule has 0 unspecified atom stereocenters. The first-order valence-corrected chi connectivity index (χ1v) is 10.4. The van der Waals surface area contributed by atoms with Crippen LogP contribution in [0, 0.1) is 6.92 Å². The quantitative estimate of drug-likeness (QED) is 0.506. The predicted octanol–water partition coefficient (Wildman–Crippen LogP) is 2.91. The zero-order chi connectivity index (χ0) is 23.2. The average Bonchev–Trinajstić information content (AvgIpc) is 3.29. The Balaban J connectivity index is 1.34. The molecule has 3 aromatic carbocycles. The van der Waals surface area contributed by atoms with E-state index in [-0.39, 0.29) is 30.5 Å². The van der Waals surface area contributed by atoms with Crippen LogP contribution in [0.25, 0.3) is 0 Å². The summed E-state index contributed by atoms with van der Waals surface area (Å²) in [5, 5.41) is 7.92. The van der Waals surface area contributed by atoms with Crippen LogP contribution < -0.4 is 25.4 Å². The smallest absolute Gasteiger partial charge is 0.313 e. The fourth-order valence-corrected chi connectivity index (χ4v) is 3.38. The van der Waals surface area contributed by atoms with Crippen molar-refractivity contribution in [1.82, 2.24) is 10.6 Å². The number of hydrogen-bond acceptors (Lipinski definition) is 5. The topological polar surface area (TPSA) is 106 Å². The molecule has 0 radical (unpaired) electrons. The highest BCUT2D eigenvalue weighted by Gasteiger charge is 2.19.